The molecule has 0 aliphatic rings. The molecule has 0 amide bonds. The number of hydrogen-bond acceptors (Lipinski definition) is 4. The molecule has 0 bridgehead atoms. The maximum atomic E-state index is 4.47. The van der Waals surface area contributed by atoms with Crippen molar-refractivity contribution in [2.75, 3.05) is 13.1 Å². The van der Waals surface area contributed by atoms with Crippen LogP contribution in [0.4, 0.5) is 0 Å². The van der Waals surface area contributed by atoms with Crippen molar-refractivity contribution in [2.24, 2.45) is 0 Å². The topological polar surface area (TPSA) is 54.8 Å². The lowest BCUT2D eigenvalue weighted by atomic mass is 10.3. The van der Waals surface area contributed by atoms with Crippen LogP contribution in [0.3, 0.4) is 0 Å². The quantitative estimate of drug-likeness (QED) is 0.719. The third-order valence-corrected chi connectivity index (χ3v) is 3.04. The minimum Gasteiger partial charge on any atom is -0.315 e. The predicted molar refractivity (Wildman–Crippen MR) is 80.8 cm³/mol. The Hall–Kier alpha value is -1.72. The highest BCUT2D eigenvalue weighted by Crippen LogP contribution is 2.04. The number of nitrogens with zero attached hydrogens (tertiary/aromatic N) is 3. The van der Waals surface area contributed by atoms with E-state index in [1.54, 1.807) is 4.80 Å². The van der Waals surface area contributed by atoms with E-state index in [0.29, 0.717) is 6.04 Å². The minimum atomic E-state index is 0.420. The smallest absolute Gasteiger partial charge is 0.0969 e. The highest BCUT2D eigenvalue weighted by molar-refractivity contribution is 5.28. The molecule has 0 saturated heterocycles. The molecule has 2 aromatic rings. The largest absolute Gasteiger partial charge is 0.315 e. The summed E-state index contributed by atoms with van der Waals surface area (Å²) < 4.78 is 0. The fourth-order valence-electron chi connectivity index (χ4n) is 1.91. The highest BCUT2D eigenvalue weighted by Gasteiger charge is 2.05. The van der Waals surface area contributed by atoms with Crippen molar-refractivity contribution >= 4 is 0 Å². The molecule has 108 valence electrons. The molecule has 0 fully saturated rings. The molecule has 0 spiro atoms. The maximum Gasteiger partial charge on any atom is 0.0969 e. The first kappa shape index (κ1) is 14.7. The summed E-state index contributed by atoms with van der Waals surface area (Å²) in [6.45, 7) is 7.12. The van der Waals surface area contributed by atoms with Crippen LogP contribution < -0.4 is 10.6 Å². The van der Waals surface area contributed by atoms with Gasteiger partial charge in [-0.1, -0.05) is 25.1 Å². The molecule has 0 aliphatic carbocycles. The second-order valence-corrected chi connectivity index (χ2v) is 4.95. The van der Waals surface area contributed by atoms with E-state index < -0.39 is 0 Å². The van der Waals surface area contributed by atoms with Crippen molar-refractivity contribution in [1.29, 1.82) is 0 Å². The standard InChI is InChI=1S/C15H23N5/c1-3-9-16-10-13(2)17-11-14-12-18-20(19-14)15-7-5-4-6-8-15/h4-8,12-13,16-17H,3,9-11H2,1-2H3. The summed E-state index contributed by atoms with van der Waals surface area (Å²) in [6.07, 6.45) is 2.98. The average molecular weight is 273 g/mol. The zero-order chi connectivity index (χ0) is 14.2. The Balaban J connectivity index is 1.81. The first-order valence-corrected chi connectivity index (χ1v) is 7.20. The molecule has 1 atom stereocenters. The van der Waals surface area contributed by atoms with Gasteiger partial charge >= 0.3 is 0 Å². The molecule has 2 N–H and O–H groups in total. The summed E-state index contributed by atoms with van der Waals surface area (Å²) in [7, 11) is 0. The molecule has 20 heavy (non-hydrogen) atoms. The van der Waals surface area contributed by atoms with Gasteiger partial charge in [-0.3, -0.25) is 0 Å². The SMILES string of the molecule is CCCNCC(C)NCc1cnn(-c2ccccc2)n1. The van der Waals surface area contributed by atoms with Crippen molar-refractivity contribution in [3.8, 4) is 5.69 Å². The Labute approximate surface area is 120 Å². The summed E-state index contributed by atoms with van der Waals surface area (Å²) in [5, 5.41) is 15.6. The van der Waals surface area contributed by atoms with Gasteiger partial charge in [0.05, 0.1) is 17.6 Å². The van der Waals surface area contributed by atoms with Gasteiger partial charge in [0.1, 0.15) is 0 Å². The zero-order valence-electron chi connectivity index (χ0n) is 12.2. The van der Waals surface area contributed by atoms with Gasteiger partial charge in [0.25, 0.3) is 0 Å². The van der Waals surface area contributed by atoms with Gasteiger partial charge in [-0.2, -0.15) is 15.0 Å². The van der Waals surface area contributed by atoms with E-state index >= 15 is 0 Å². The van der Waals surface area contributed by atoms with E-state index in [-0.39, 0.29) is 0 Å². The number of hydrogen-bond donors (Lipinski definition) is 2. The van der Waals surface area contributed by atoms with Crippen LogP contribution in [-0.4, -0.2) is 34.1 Å². The van der Waals surface area contributed by atoms with Crippen LogP contribution in [0, 0.1) is 0 Å². The van der Waals surface area contributed by atoms with E-state index in [2.05, 4.69) is 34.7 Å². The lowest BCUT2D eigenvalue weighted by Gasteiger charge is -2.13. The number of rotatable bonds is 8. The summed E-state index contributed by atoms with van der Waals surface area (Å²) >= 11 is 0. The van der Waals surface area contributed by atoms with Gasteiger partial charge in [0.15, 0.2) is 0 Å². The van der Waals surface area contributed by atoms with E-state index in [1.165, 1.54) is 0 Å². The average Bonchev–Trinajstić information content (AvgIpc) is 2.95. The van der Waals surface area contributed by atoms with Gasteiger partial charge in [0, 0.05) is 19.1 Å². The van der Waals surface area contributed by atoms with Crippen LogP contribution in [0.25, 0.3) is 5.69 Å². The summed E-state index contributed by atoms with van der Waals surface area (Å²) in [5.41, 5.74) is 1.94. The number of aromatic nitrogens is 3. The van der Waals surface area contributed by atoms with Crippen LogP contribution in [0.1, 0.15) is 26.0 Å². The molecule has 5 nitrogen and oxygen atoms in total. The van der Waals surface area contributed by atoms with Crippen LogP contribution in [0.2, 0.25) is 0 Å². The van der Waals surface area contributed by atoms with E-state index in [0.717, 1.165) is 37.4 Å². The van der Waals surface area contributed by atoms with Crippen LogP contribution in [0.15, 0.2) is 36.5 Å². The van der Waals surface area contributed by atoms with Gasteiger partial charge in [-0.05, 0) is 32.0 Å². The van der Waals surface area contributed by atoms with Crippen LogP contribution in [0.5, 0.6) is 0 Å². The Morgan fingerprint density at radius 2 is 2.05 bits per heavy atom. The Bertz CT molecular complexity index is 494. The molecular weight excluding hydrogens is 250 g/mol. The maximum absolute atomic E-state index is 4.47. The predicted octanol–water partition coefficient (Wildman–Crippen LogP) is 1.74. The monoisotopic (exact) mass is 273 g/mol. The van der Waals surface area contributed by atoms with Crippen molar-refractivity contribution < 1.29 is 0 Å². The number of benzene rings is 1. The molecule has 1 aromatic carbocycles. The fourth-order valence-corrected chi connectivity index (χ4v) is 1.91. The van der Waals surface area contributed by atoms with Crippen LogP contribution in [-0.2, 0) is 6.54 Å². The first-order valence-electron chi connectivity index (χ1n) is 7.20. The second-order valence-electron chi connectivity index (χ2n) is 4.95. The van der Waals surface area contributed by atoms with E-state index in [9.17, 15) is 0 Å². The van der Waals surface area contributed by atoms with Crippen molar-refractivity contribution in [1.82, 2.24) is 25.6 Å². The molecule has 1 heterocycles. The number of para-hydroxylation sites is 1. The zero-order valence-corrected chi connectivity index (χ0v) is 12.2. The Morgan fingerprint density at radius 3 is 2.80 bits per heavy atom. The summed E-state index contributed by atoms with van der Waals surface area (Å²) in [4.78, 5) is 1.66. The normalized spacial score (nSPS) is 12.5. The first-order chi connectivity index (χ1) is 9.79. The minimum absolute atomic E-state index is 0.420. The molecule has 0 saturated carbocycles. The van der Waals surface area contributed by atoms with Gasteiger partial charge in [-0.15, -0.1) is 0 Å². The van der Waals surface area contributed by atoms with Gasteiger partial charge in [-0.25, -0.2) is 0 Å². The second kappa shape index (κ2) is 7.77. The van der Waals surface area contributed by atoms with E-state index in [4.69, 9.17) is 0 Å². The Morgan fingerprint density at radius 1 is 1.25 bits per heavy atom. The molecule has 5 heteroatoms. The Kier molecular flexibility index (Phi) is 5.70. The van der Waals surface area contributed by atoms with Crippen LogP contribution >= 0.6 is 0 Å². The molecule has 2 rings (SSSR count). The highest BCUT2D eigenvalue weighted by atomic mass is 15.5. The van der Waals surface area contributed by atoms with Crippen molar-refractivity contribution in [2.45, 2.75) is 32.9 Å². The third-order valence-electron chi connectivity index (χ3n) is 3.04. The lowest BCUT2D eigenvalue weighted by molar-refractivity contribution is 0.496. The van der Waals surface area contributed by atoms with Gasteiger partial charge in [0.2, 0.25) is 0 Å². The van der Waals surface area contributed by atoms with Gasteiger partial charge < -0.3 is 10.6 Å². The molecule has 0 radical (unpaired) electrons. The lowest BCUT2D eigenvalue weighted by Crippen LogP contribution is -2.36. The van der Waals surface area contributed by atoms with Crippen molar-refractivity contribution in [3.05, 3.63) is 42.2 Å². The molecule has 0 aliphatic heterocycles. The third kappa shape index (κ3) is 4.43. The van der Waals surface area contributed by atoms with E-state index in [1.807, 2.05) is 36.5 Å². The summed E-state index contributed by atoms with van der Waals surface area (Å²) in [6, 6.07) is 10.4. The summed E-state index contributed by atoms with van der Waals surface area (Å²) in [5.74, 6) is 0. The fraction of sp³-hybridized carbons (Fsp3) is 0.467. The number of nitrogens with one attached hydrogen (secondary N) is 2. The molecular formula is C15H23N5. The molecule has 1 unspecified atom stereocenters. The van der Waals surface area contributed by atoms with Crippen molar-refractivity contribution in [3.63, 3.8) is 0 Å². The molecule has 1 aromatic heterocycles.